The first-order valence-corrected chi connectivity index (χ1v) is 12.0. The molecule has 1 aromatic carbocycles. The molecule has 2 aromatic heterocycles. The summed E-state index contributed by atoms with van der Waals surface area (Å²) < 4.78 is 10.1. The van der Waals surface area contributed by atoms with Crippen molar-refractivity contribution in [1.82, 2.24) is 10.1 Å². The van der Waals surface area contributed by atoms with Gasteiger partial charge in [-0.15, -0.1) is 0 Å². The van der Waals surface area contributed by atoms with Crippen molar-refractivity contribution in [3.8, 4) is 11.3 Å². The number of nitrogens with one attached hydrogen (secondary N) is 1. The normalized spacial score (nSPS) is 20.0. The molecule has 0 atom stereocenters. The van der Waals surface area contributed by atoms with E-state index in [4.69, 9.17) is 9.26 Å². The number of methoxy groups -OCH3 is 1. The highest BCUT2D eigenvalue weighted by atomic mass is 16.5. The Morgan fingerprint density at radius 2 is 1.71 bits per heavy atom. The van der Waals surface area contributed by atoms with E-state index in [9.17, 15) is 9.59 Å². The maximum absolute atomic E-state index is 12.6. The first-order valence-electron chi connectivity index (χ1n) is 12.0. The molecule has 2 aliphatic carbocycles. The van der Waals surface area contributed by atoms with Crippen molar-refractivity contribution < 1.29 is 18.8 Å². The van der Waals surface area contributed by atoms with Crippen LogP contribution in [-0.2, 0) is 9.53 Å². The molecule has 2 heterocycles. The molecule has 0 bridgehead atoms. The van der Waals surface area contributed by atoms with Gasteiger partial charge in [-0.2, -0.15) is 0 Å². The van der Waals surface area contributed by atoms with Crippen molar-refractivity contribution in [3.63, 3.8) is 0 Å². The quantitative estimate of drug-likeness (QED) is 0.455. The Morgan fingerprint density at radius 1 is 0.971 bits per heavy atom. The van der Waals surface area contributed by atoms with Crippen molar-refractivity contribution in [1.29, 1.82) is 0 Å². The van der Waals surface area contributed by atoms with Crippen LogP contribution >= 0.6 is 0 Å². The molecule has 0 radical (unpaired) electrons. The van der Waals surface area contributed by atoms with Crippen LogP contribution in [0.2, 0.25) is 0 Å². The third-order valence-electron chi connectivity index (χ3n) is 7.02. The van der Waals surface area contributed by atoms with Gasteiger partial charge in [-0.05, 0) is 68.1 Å². The average molecular weight is 460 g/mol. The maximum Gasteiger partial charge on any atom is 0.305 e. The molecule has 34 heavy (non-hydrogen) atoms. The van der Waals surface area contributed by atoms with Gasteiger partial charge >= 0.3 is 5.97 Å². The number of benzene rings is 1. The number of hydrogen-bond acceptors (Lipinski definition) is 6. The Morgan fingerprint density at radius 3 is 2.35 bits per heavy atom. The smallest absolute Gasteiger partial charge is 0.305 e. The minimum Gasteiger partial charge on any atom is -0.469 e. The number of amides is 1. The standard InChI is InChI=1S/C27H29N3O4/c1-33-25(31)14-17-2-4-18(5-3-17)19-6-8-20(9-7-19)24-13-12-22(15-28-24)30-27(32)23-16-29-34-26(23)21-10-11-21/h6-9,12-13,15-18,21H,2-5,10-11,14H2,1H3,(H,30,32). The van der Waals surface area contributed by atoms with Crippen LogP contribution in [0.25, 0.3) is 11.3 Å². The van der Waals surface area contributed by atoms with Crippen LogP contribution in [0.4, 0.5) is 5.69 Å². The minimum atomic E-state index is -0.219. The largest absolute Gasteiger partial charge is 0.469 e. The summed E-state index contributed by atoms with van der Waals surface area (Å²) in [4.78, 5) is 28.7. The second-order valence-corrected chi connectivity index (χ2v) is 9.38. The molecule has 0 unspecified atom stereocenters. The highest BCUT2D eigenvalue weighted by Crippen LogP contribution is 2.41. The number of ether oxygens (including phenoxy) is 1. The van der Waals surface area contributed by atoms with Gasteiger partial charge in [0.2, 0.25) is 0 Å². The zero-order valence-corrected chi connectivity index (χ0v) is 19.3. The van der Waals surface area contributed by atoms with Crippen molar-refractivity contribution >= 4 is 17.6 Å². The lowest BCUT2D eigenvalue weighted by molar-refractivity contribution is -0.142. The van der Waals surface area contributed by atoms with Crippen LogP contribution in [0.15, 0.2) is 53.3 Å². The van der Waals surface area contributed by atoms with E-state index >= 15 is 0 Å². The molecular formula is C27H29N3O4. The van der Waals surface area contributed by atoms with E-state index in [1.165, 1.54) is 18.9 Å². The molecule has 2 fully saturated rings. The molecule has 0 spiro atoms. The summed E-state index contributed by atoms with van der Waals surface area (Å²) in [6.07, 6.45) is 10.1. The van der Waals surface area contributed by atoms with Gasteiger partial charge in [0.25, 0.3) is 5.91 Å². The van der Waals surface area contributed by atoms with Crippen LogP contribution < -0.4 is 5.32 Å². The molecule has 0 saturated heterocycles. The average Bonchev–Trinajstić information content (AvgIpc) is 3.60. The van der Waals surface area contributed by atoms with Gasteiger partial charge < -0.3 is 14.6 Å². The monoisotopic (exact) mass is 459 g/mol. The number of carbonyl (C=O) groups excluding carboxylic acids is 2. The SMILES string of the molecule is COC(=O)CC1CCC(c2ccc(-c3ccc(NC(=O)c4cnoc4C4CC4)cn3)cc2)CC1. The number of esters is 1. The van der Waals surface area contributed by atoms with E-state index in [1.54, 1.807) is 6.20 Å². The van der Waals surface area contributed by atoms with Crippen molar-refractivity contribution in [2.45, 2.75) is 56.8 Å². The fraction of sp³-hybridized carbons (Fsp3) is 0.407. The zero-order chi connectivity index (χ0) is 23.5. The summed E-state index contributed by atoms with van der Waals surface area (Å²) in [5, 5.41) is 6.68. The molecule has 2 saturated carbocycles. The van der Waals surface area contributed by atoms with Gasteiger partial charge in [-0.1, -0.05) is 29.4 Å². The van der Waals surface area contributed by atoms with Gasteiger partial charge in [0.1, 0.15) is 5.56 Å². The van der Waals surface area contributed by atoms with E-state index in [0.717, 1.165) is 49.8 Å². The summed E-state index contributed by atoms with van der Waals surface area (Å²) >= 11 is 0. The number of hydrogen-bond donors (Lipinski definition) is 1. The molecule has 3 aromatic rings. The van der Waals surface area contributed by atoms with Crippen molar-refractivity contribution in [3.05, 3.63) is 65.7 Å². The molecule has 0 aliphatic heterocycles. The van der Waals surface area contributed by atoms with E-state index in [1.807, 2.05) is 12.1 Å². The fourth-order valence-corrected chi connectivity index (χ4v) is 4.84. The Labute approximate surface area is 198 Å². The number of aromatic nitrogens is 2. The third-order valence-corrected chi connectivity index (χ3v) is 7.02. The highest BCUT2D eigenvalue weighted by molar-refractivity contribution is 6.04. The van der Waals surface area contributed by atoms with Gasteiger partial charge in [-0.25, -0.2) is 0 Å². The molecule has 176 valence electrons. The Kier molecular flexibility index (Phi) is 6.43. The Hall–Kier alpha value is -3.48. The summed E-state index contributed by atoms with van der Waals surface area (Å²) in [6, 6.07) is 12.4. The third kappa shape index (κ3) is 5.03. The second kappa shape index (κ2) is 9.79. The lowest BCUT2D eigenvalue weighted by Crippen LogP contribution is -2.17. The summed E-state index contributed by atoms with van der Waals surface area (Å²) in [7, 11) is 1.46. The van der Waals surface area contributed by atoms with Crippen molar-refractivity contribution in [2.75, 3.05) is 12.4 Å². The zero-order valence-electron chi connectivity index (χ0n) is 19.3. The lowest BCUT2D eigenvalue weighted by Gasteiger charge is -2.28. The Balaban J connectivity index is 1.18. The maximum atomic E-state index is 12.6. The van der Waals surface area contributed by atoms with Crippen molar-refractivity contribution in [2.24, 2.45) is 5.92 Å². The minimum absolute atomic E-state index is 0.104. The summed E-state index contributed by atoms with van der Waals surface area (Å²) in [5.41, 5.74) is 4.37. The molecule has 2 aliphatic rings. The second-order valence-electron chi connectivity index (χ2n) is 9.38. The van der Waals surface area contributed by atoms with E-state index in [0.29, 0.717) is 41.2 Å². The van der Waals surface area contributed by atoms with Crippen LogP contribution in [0.5, 0.6) is 0 Å². The Bertz CT molecular complexity index is 1140. The predicted octanol–water partition coefficient (Wildman–Crippen LogP) is 5.70. The van der Waals surface area contributed by atoms with Gasteiger partial charge in [0.15, 0.2) is 5.76 Å². The summed E-state index contributed by atoms with van der Waals surface area (Å²) in [6.45, 7) is 0. The molecule has 1 N–H and O–H groups in total. The first-order chi connectivity index (χ1) is 16.6. The topological polar surface area (TPSA) is 94.3 Å². The van der Waals surface area contributed by atoms with Gasteiger partial charge in [0, 0.05) is 17.9 Å². The van der Waals surface area contributed by atoms with Crippen LogP contribution in [0, 0.1) is 5.92 Å². The van der Waals surface area contributed by atoms with E-state index in [-0.39, 0.29) is 11.9 Å². The number of pyridine rings is 1. The number of carbonyl (C=O) groups is 2. The predicted molar refractivity (Wildman–Crippen MR) is 127 cm³/mol. The van der Waals surface area contributed by atoms with Crippen LogP contribution in [0.3, 0.4) is 0 Å². The molecular weight excluding hydrogens is 430 g/mol. The van der Waals surface area contributed by atoms with Crippen LogP contribution in [-0.4, -0.2) is 29.1 Å². The van der Waals surface area contributed by atoms with Crippen LogP contribution in [0.1, 0.15) is 78.5 Å². The van der Waals surface area contributed by atoms with E-state index in [2.05, 4.69) is 39.7 Å². The lowest BCUT2D eigenvalue weighted by atomic mass is 9.77. The first kappa shape index (κ1) is 22.3. The summed E-state index contributed by atoms with van der Waals surface area (Å²) in [5.74, 6) is 1.65. The molecule has 7 heteroatoms. The van der Waals surface area contributed by atoms with E-state index < -0.39 is 0 Å². The van der Waals surface area contributed by atoms with Gasteiger partial charge in [-0.3, -0.25) is 14.6 Å². The number of anilines is 1. The number of rotatable bonds is 7. The molecule has 7 nitrogen and oxygen atoms in total. The molecule has 5 rings (SSSR count). The molecule has 1 amide bonds. The highest BCUT2D eigenvalue weighted by Gasteiger charge is 2.32. The fourth-order valence-electron chi connectivity index (χ4n) is 4.84. The number of nitrogens with zero attached hydrogens (tertiary/aromatic N) is 2. The van der Waals surface area contributed by atoms with Gasteiger partial charge in [0.05, 0.1) is 30.9 Å².